The van der Waals surface area contributed by atoms with Crippen molar-refractivity contribution in [1.29, 1.82) is 0 Å². The number of hydrogen-bond acceptors (Lipinski definition) is 4. The lowest BCUT2D eigenvalue weighted by atomic mass is 10.4. The number of nitrogens with zero attached hydrogens (tertiary/aromatic N) is 2. The third kappa shape index (κ3) is 4.75. The van der Waals surface area contributed by atoms with Crippen molar-refractivity contribution >= 4 is 5.95 Å². The van der Waals surface area contributed by atoms with E-state index in [1.54, 1.807) is 7.11 Å². The van der Waals surface area contributed by atoms with E-state index in [2.05, 4.69) is 21.8 Å². The highest BCUT2D eigenvalue weighted by molar-refractivity contribution is 5.30. The van der Waals surface area contributed by atoms with Crippen LogP contribution in [0.25, 0.3) is 0 Å². The van der Waals surface area contributed by atoms with Gasteiger partial charge in [0, 0.05) is 32.5 Å². The predicted molar refractivity (Wildman–Crippen MR) is 68.4 cm³/mol. The van der Waals surface area contributed by atoms with E-state index < -0.39 is 0 Å². The zero-order valence-electron chi connectivity index (χ0n) is 11.2. The van der Waals surface area contributed by atoms with E-state index in [1.165, 1.54) is 0 Å². The molecule has 1 rings (SSSR count). The molecule has 0 fully saturated rings. The fourth-order valence-corrected chi connectivity index (χ4v) is 1.65. The molecule has 1 heterocycles. The largest absolute Gasteiger partial charge is 0.383 e. The summed E-state index contributed by atoms with van der Waals surface area (Å²) in [5.41, 5.74) is 1.01. The van der Waals surface area contributed by atoms with Crippen LogP contribution in [0, 0.1) is 6.92 Å². The number of anilines is 1. The van der Waals surface area contributed by atoms with Gasteiger partial charge in [-0.05, 0) is 20.8 Å². The molecule has 1 aromatic rings. The lowest BCUT2D eigenvalue weighted by molar-refractivity contribution is 0.139. The normalized spacial score (nSPS) is 12.7. The summed E-state index contributed by atoms with van der Waals surface area (Å²) in [6.07, 6.45) is 2.03. The van der Waals surface area contributed by atoms with Crippen molar-refractivity contribution in [3.8, 4) is 0 Å². The van der Waals surface area contributed by atoms with Gasteiger partial charge in [0.1, 0.15) is 0 Å². The first kappa shape index (κ1) is 14.0. The summed E-state index contributed by atoms with van der Waals surface area (Å²) in [5.74, 6) is 0.881. The molecule has 17 heavy (non-hydrogen) atoms. The number of imidazole rings is 1. The Morgan fingerprint density at radius 2 is 2.29 bits per heavy atom. The maximum atomic E-state index is 5.35. The van der Waals surface area contributed by atoms with Crippen LogP contribution < -0.4 is 5.32 Å². The van der Waals surface area contributed by atoms with Gasteiger partial charge in [0.2, 0.25) is 5.95 Å². The molecular formula is C12H23N3O2. The van der Waals surface area contributed by atoms with Crippen LogP contribution in [-0.2, 0) is 16.0 Å². The Morgan fingerprint density at radius 3 is 2.94 bits per heavy atom. The molecule has 0 aromatic carbocycles. The summed E-state index contributed by atoms with van der Waals surface area (Å²) < 4.78 is 12.5. The van der Waals surface area contributed by atoms with Gasteiger partial charge in [-0.3, -0.25) is 0 Å². The molecule has 98 valence electrons. The smallest absolute Gasteiger partial charge is 0.203 e. The highest BCUT2D eigenvalue weighted by Crippen LogP contribution is 2.09. The SMILES string of the molecule is CCOCCn1cc(C)nc1NC(C)COC. The molecule has 0 aliphatic heterocycles. The molecule has 0 aliphatic carbocycles. The molecule has 5 nitrogen and oxygen atoms in total. The molecular weight excluding hydrogens is 218 g/mol. The Labute approximate surface area is 103 Å². The Balaban J connectivity index is 2.57. The van der Waals surface area contributed by atoms with E-state index in [4.69, 9.17) is 9.47 Å². The van der Waals surface area contributed by atoms with E-state index in [0.717, 1.165) is 24.8 Å². The molecule has 1 atom stereocenters. The predicted octanol–water partition coefficient (Wildman–Crippen LogP) is 1.67. The van der Waals surface area contributed by atoms with Gasteiger partial charge in [0.15, 0.2) is 0 Å². The summed E-state index contributed by atoms with van der Waals surface area (Å²) in [4.78, 5) is 4.45. The molecule has 1 aromatic heterocycles. The first-order valence-electron chi connectivity index (χ1n) is 6.04. The number of hydrogen-bond donors (Lipinski definition) is 1. The molecule has 0 spiro atoms. The molecule has 1 unspecified atom stereocenters. The van der Waals surface area contributed by atoms with Gasteiger partial charge in [-0.25, -0.2) is 4.98 Å². The molecule has 0 saturated carbocycles. The average molecular weight is 241 g/mol. The Kier molecular flexibility index (Phi) is 6.00. The highest BCUT2D eigenvalue weighted by atomic mass is 16.5. The standard InChI is InChI=1S/C12H23N3O2/c1-5-17-7-6-15-8-10(2)13-12(15)14-11(3)9-16-4/h8,11H,5-7,9H2,1-4H3,(H,13,14). The van der Waals surface area contributed by atoms with Crippen LogP contribution >= 0.6 is 0 Å². The average Bonchev–Trinajstić information content (AvgIpc) is 2.60. The second-order valence-electron chi connectivity index (χ2n) is 4.10. The summed E-state index contributed by atoms with van der Waals surface area (Å²) in [6, 6.07) is 0.243. The van der Waals surface area contributed by atoms with Crippen LogP contribution in [0.5, 0.6) is 0 Å². The summed E-state index contributed by atoms with van der Waals surface area (Å²) >= 11 is 0. The fraction of sp³-hybridized carbons (Fsp3) is 0.750. The Morgan fingerprint density at radius 1 is 1.53 bits per heavy atom. The van der Waals surface area contributed by atoms with Crippen molar-refractivity contribution in [3.63, 3.8) is 0 Å². The maximum absolute atomic E-state index is 5.35. The van der Waals surface area contributed by atoms with E-state index >= 15 is 0 Å². The van der Waals surface area contributed by atoms with Crippen LogP contribution in [-0.4, -0.2) is 42.5 Å². The van der Waals surface area contributed by atoms with Crippen LogP contribution in [0.15, 0.2) is 6.20 Å². The van der Waals surface area contributed by atoms with Gasteiger partial charge in [0.25, 0.3) is 0 Å². The first-order valence-corrected chi connectivity index (χ1v) is 6.04. The second kappa shape index (κ2) is 7.29. The minimum Gasteiger partial charge on any atom is -0.383 e. The Hall–Kier alpha value is -1.07. The minimum absolute atomic E-state index is 0.243. The summed E-state index contributed by atoms with van der Waals surface area (Å²) in [6.45, 7) is 8.99. The van der Waals surface area contributed by atoms with Crippen LogP contribution in [0.2, 0.25) is 0 Å². The van der Waals surface area contributed by atoms with Gasteiger partial charge >= 0.3 is 0 Å². The van der Waals surface area contributed by atoms with Gasteiger partial charge in [0.05, 0.1) is 18.9 Å². The zero-order chi connectivity index (χ0) is 12.7. The number of aromatic nitrogens is 2. The molecule has 0 aliphatic rings. The second-order valence-corrected chi connectivity index (χ2v) is 4.10. The van der Waals surface area contributed by atoms with Crippen molar-refractivity contribution in [2.75, 3.05) is 32.2 Å². The molecule has 5 heteroatoms. The number of methoxy groups -OCH3 is 1. The van der Waals surface area contributed by atoms with Crippen molar-refractivity contribution in [1.82, 2.24) is 9.55 Å². The number of nitrogens with one attached hydrogen (secondary N) is 1. The van der Waals surface area contributed by atoms with Crippen molar-refractivity contribution in [2.24, 2.45) is 0 Å². The van der Waals surface area contributed by atoms with Crippen LogP contribution in [0.1, 0.15) is 19.5 Å². The van der Waals surface area contributed by atoms with Crippen LogP contribution in [0.3, 0.4) is 0 Å². The van der Waals surface area contributed by atoms with E-state index in [1.807, 2.05) is 20.0 Å². The number of aryl methyl sites for hydroxylation is 1. The quantitative estimate of drug-likeness (QED) is 0.703. The van der Waals surface area contributed by atoms with Gasteiger partial charge in [-0.2, -0.15) is 0 Å². The van der Waals surface area contributed by atoms with Crippen molar-refractivity contribution in [2.45, 2.75) is 33.4 Å². The highest BCUT2D eigenvalue weighted by Gasteiger charge is 2.08. The van der Waals surface area contributed by atoms with E-state index in [-0.39, 0.29) is 6.04 Å². The number of ether oxygens (including phenoxy) is 2. The third-order valence-electron chi connectivity index (χ3n) is 2.37. The minimum atomic E-state index is 0.243. The van der Waals surface area contributed by atoms with Crippen LogP contribution in [0.4, 0.5) is 5.95 Å². The zero-order valence-corrected chi connectivity index (χ0v) is 11.2. The summed E-state index contributed by atoms with van der Waals surface area (Å²) in [5, 5.41) is 3.33. The van der Waals surface area contributed by atoms with Crippen molar-refractivity contribution < 1.29 is 9.47 Å². The number of rotatable bonds is 8. The molecule has 0 saturated heterocycles. The maximum Gasteiger partial charge on any atom is 0.203 e. The fourth-order valence-electron chi connectivity index (χ4n) is 1.65. The molecule has 0 radical (unpaired) electrons. The Bertz CT molecular complexity index is 326. The molecule has 0 bridgehead atoms. The van der Waals surface area contributed by atoms with Crippen molar-refractivity contribution in [3.05, 3.63) is 11.9 Å². The van der Waals surface area contributed by atoms with Gasteiger partial charge < -0.3 is 19.4 Å². The molecule has 1 N–H and O–H groups in total. The first-order chi connectivity index (χ1) is 8.17. The topological polar surface area (TPSA) is 48.3 Å². The monoisotopic (exact) mass is 241 g/mol. The van der Waals surface area contributed by atoms with Gasteiger partial charge in [-0.1, -0.05) is 0 Å². The third-order valence-corrected chi connectivity index (χ3v) is 2.37. The summed E-state index contributed by atoms with van der Waals surface area (Å²) in [7, 11) is 1.70. The van der Waals surface area contributed by atoms with E-state index in [9.17, 15) is 0 Å². The van der Waals surface area contributed by atoms with E-state index in [0.29, 0.717) is 13.2 Å². The van der Waals surface area contributed by atoms with Gasteiger partial charge in [-0.15, -0.1) is 0 Å². The lowest BCUT2D eigenvalue weighted by Crippen LogP contribution is -2.23. The lowest BCUT2D eigenvalue weighted by Gasteiger charge is -2.15. The molecule has 0 amide bonds.